The van der Waals surface area contributed by atoms with Gasteiger partial charge in [0.1, 0.15) is 11.2 Å². The summed E-state index contributed by atoms with van der Waals surface area (Å²) >= 11 is 0. The molecule has 5 nitrogen and oxygen atoms in total. The molecule has 6 aliphatic rings. The van der Waals surface area contributed by atoms with Gasteiger partial charge in [0.05, 0.1) is 11.0 Å². The number of rotatable bonds is 3. The van der Waals surface area contributed by atoms with Crippen LogP contribution in [0.2, 0.25) is 0 Å². The molecule has 0 radical (unpaired) electrons. The van der Waals surface area contributed by atoms with Crippen molar-refractivity contribution in [2.75, 3.05) is 20.7 Å². The van der Waals surface area contributed by atoms with Gasteiger partial charge in [0.15, 0.2) is 11.5 Å². The predicted octanol–water partition coefficient (Wildman–Crippen LogP) is 3.72. The lowest BCUT2D eigenvalue weighted by Crippen LogP contribution is -2.85. The minimum Gasteiger partial charge on any atom is -0.504 e. The number of ether oxygens (including phenoxy) is 2. The molecule has 7 rings (SSSR count). The molecule has 5 heteroatoms. The molecule has 1 saturated carbocycles. The average Bonchev–Trinajstić information content (AvgIpc) is 3.01. The topological polar surface area (TPSA) is 62.2 Å². The second-order valence-electron chi connectivity index (χ2n) is 11.4. The summed E-state index contributed by atoms with van der Waals surface area (Å²) in [4.78, 5) is 2.55. The van der Waals surface area contributed by atoms with Crippen molar-refractivity contribution in [1.82, 2.24) is 4.90 Å². The van der Waals surface area contributed by atoms with Crippen LogP contribution in [0.5, 0.6) is 11.5 Å². The highest BCUT2D eigenvalue weighted by Crippen LogP contribution is 2.80. The number of piperidine rings is 1. The first-order chi connectivity index (χ1) is 14.5. The molecule has 4 aliphatic carbocycles. The Kier molecular flexibility index (Phi) is 3.56. The average molecular weight is 426 g/mol. The van der Waals surface area contributed by atoms with Gasteiger partial charge in [-0.15, -0.1) is 0 Å². The first kappa shape index (κ1) is 20.1. The van der Waals surface area contributed by atoms with E-state index in [1.165, 1.54) is 11.1 Å². The van der Waals surface area contributed by atoms with E-state index >= 15 is 0 Å². The van der Waals surface area contributed by atoms with Gasteiger partial charge in [0.25, 0.3) is 0 Å². The van der Waals surface area contributed by atoms with E-state index in [1.54, 1.807) is 7.11 Å². The third-order valence-corrected chi connectivity index (χ3v) is 10.2. The monoisotopic (exact) mass is 425 g/mol. The Morgan fingerprint density at radius 3 is 2.68 bits per heavy atom. The van der Waals surface area contributed by atoms with Crippen molar-refractivity contribution in [2.45, 2.75) is 81.1 Å². The quantitative estimate of drug-likeness (QED) is 0.723. The lowest BCUT2D eigenvalue weighted by atomic mass is 9.31. The molecule has 1 aromatic rings. The van der Waals surface area contributed by atoms with E-state index < -0.39 is 16.8 Å². The first-order valence-electron chi connectivity index (χ1n) is 11.8. The zero-order valence-electron chi connectivity index (χ0n) is 19.5. The number of likely N-dealkylation sites (tertiary alicyclic amines) is 1. The SMILES string of the molecule is CC[C@@H]1c2ccc(O)c3c2[C@]24CCN(C)[C@H]1[C@]21C=C[C@@](OC)([C@@H](C(C)(C)O)C1)[C@@]4(C)O3. The van der Waals surface area contributed by atoms with Crippen molar-refractivity contribution < 1.29 is 19.7 Å². The highest BCUT2D eigenvalue weighted by atomic mass is 16.6. The number of phenols is 1. The predicted molar refractivity (Wildman–Crippen MR) is 119 cm³/mol. The van der Waals surface area contributed by atoms with Crippen LogP contribution < -0.4 is 4.74 Å². The fourth-order valence-electron chi connectivity index (χ4n) is 9.22. The Bertz CT molecular complexity index is 1010. The number of aromatic hydroxyl groups is 1. The van der Waals surface area contributed by atoms with Crippen LogP contribution in [0.1, 0.15) is 64.0 Å². The summed E-state index contributed by atoms with van der Waals surface area (Å²) in [5, 5.41) is 22.4. The summed E-state index contributed by atoms with van der Waals surface area (Å²) in [5.74, 6) is 1.08. The molecule has 2 spiro atoms. The van der Waals surface area contributed by atoms with Crippen molar-refractivity contribution >= 4 is 0 Å². The summed E-state index contributed by atoms with van der Waals surface area (Å²) in [6, 6.07) is 4.26. The molecule has 31 heavy (non-hydrogen) atoms. The zero-order valence-corrected chi connectivity index (χ0v) is 19.5. The largest absolute Gasteiger partial charge is 0.504 e. The summed E-state index contributed by atoms with van der Waals surface area (Å²) < 4.78 is 13.3. The number of nitrogens with zero attached hydrogens (tertiary/aromatic N) is 1. The van der Waals surface area contributed by atoms with Crippen molar-refractivity contribution in [3.05, 3.63) is 35.4 Å². The second-order valence-corrected chi connectivity index (χ2v) is 11.4. The third kappa shape index (κ3) is 1.75. The van der Waals surface area contributed by atoms with Crippen LogP contribution in [0.4, 0.5) is 0 Å². The van der Waals surface area contributed by atoms with E-state index in [1.807, 2.05) is 19.9 Å². The van der Waals surface area contributed by atoms with Crippen LogP contribution in [-0.2, 0) is 10.2 Å². The van der Waals surface area contributed by atoms with Crippen LogP contribution in [0.25, 0.3) is 0 Å². The Morgan fingerprint density at radius 2 is 2.03 bits per heavy atom. The fraction of sp³-hybridized carbons (Fsp3) is 0.692. The number of methoxy groups -OCH3 is 1. The summed E-state index contributed by atoms with van der Waals surface area (Å²) in [7, 11) is 4.01. The van der Waals surface area contributed by atoms with E-state index in [9.17, 15) is 10.2 Å². The molecular formula is C26H35NO4. The van der Waals surface area contributed by atoms with E-state index in [2.05, 4.69) is 44.0 Å². The zero-order chi connectivity index (χ0) is 22.2. The van der Waals surface area contributed by atoms with E-state index in [-0.39, 0.29) is 22.5 Å². The molecule has 1 aromatic carbocycles. The fourth-order valence-corrected chi connectivity index (χ4v) is 9.22. The Morgan fingerprint density at radius 1 is 1.29 bits per heavy atom. The van der Waals surface area contributed by atoms with Crippen LogP contribution in [0, 0.1) is 11.3 Å². The van der Waals surface area contributed by atoms with Crippen molar-refractivity contribution in [2.24, 2.45) is 11.3 Å². The van der Waals surface area contributed by atoms with Crippen molar-refractivity contribution in [3.8, 4) is 11.5 Å². The summed E-state index contributed by atoms with van der Waals surface area (Å²) in [5.41, 5.74) is -0.381. The van der Waals surface area contributed by atoms with E-state index in [4.69, 9.17) is 9.47 Å². The van der Waals surface area contributed by atoms with Gasteiger partial charge >= 0.3 is 0 Å². The molecule has 168 valence electrons. The molecule has 0 amide bonds. The maximum absolute atomic E-state index is 11.4. The maximum Gasteiger partial charge on any atom is 0.166 e. The summed E-state index contributed by atoms with van der Waals surface area (Å²) in [6.07, 6.45) is 7.46. The molecule has 2 N–H and O–H groups in total. The molecular weight excluding hydrogens is 390 g/mol. The van der Waals surface area contributed by atoms with E-state index in [0.717, 1.165) is 25.8 Å². The standard InChI is InChI=1S/C26H35NO4/c1-7-15-16-8-9-17(28)20-19(16)25-12-13-27(5)21(15)24(25)10-11-26(30-6,23(25,4)31-20)18(14-24)22(2,3)29/h8-11,15,18,21,28-29H,7,12-14H2,1-6H3/t15-,18-,21-,23+,24-,25+,26-/m1/s1. The minimum atomic E-state index is -0.937. The van der Waals surface area contributed by atoms with Gasteiger partial charge in [0, 0.05) is 36.0 Å². The van der Waals surface area contributed by atoms with Gasteiger partial charge < -0.3 is 24.6 Å². The number of likely N-dealkylation sites (N-methyl/N-ethyl adjacent to an activating group) is 1. The minimum absolute atomic E-state index is 0.127. The maximum atomic E-state index is 11.4. The highest BCUT2D eigenvalue weighted by molar-refractivity contribution is 5.68. The first-order valence-corrected chi connectivity index (χ1v) is 11.8. The molecule has 1 saturated heterocycles. The van der Waals surface area contributed by atoms with Gasteiger partial charge in [-0.2, -0.15) is 0 Å². The van der Waals surface area contributed by atoms with E-state index in [0.29, 0.717) is 17.7 Å². The number of phenolic OH excluding ortho intramolecular Hbond substituents is 1. The number of hydrogen-bond acceptors (Lipinski definition) is 5. The molecule has 2 aliphatic heterocycles. The van der Waals surface area contributed by atoms with Crippen LogP contribution in [0.3, 0.4) is 0 Å². The lowest BCUT2D eigenvalue weighted by Gasteiger charge is -2.76. The molecule has 4 bridgehead atoms. The normalized spacial score (nSPS) is 46.7. The molecule has 2 heterocycles. The van der Waals surface area contributed by atoms with Gasteiger partial charge in [-0.1, -0.05) is 25.1 Å². The van der Waals surface area contributed by atoms with Gasteiger partial charge in [-0.05, 0) is 65.3 Å². The van der Waals surface area contributed by atoms with Crippen molar-refractivity contribution in [1.29, 1.82) is 0 Å². The van der Waals surface area contributed by atoms with Crippen LogP contribution in [0.15, 0.2) is 24.3 Å². The van der Waals surface area contributed by atoms with Crippen LogP contribution >= 0.6 is 0 Å². The van der Waals surface area contributed by atoms with Crippen molar-refractivity contribution in [3.63, 3.8) is 0 Å². The third-order valence-electron chi connectivity index (χ3n) is 10.2. The lowest BCUT2D eigenvalue weighted by molar-refractivity contribution is -0.285. The van der Waals surface area contributed by atoms with Gasteiger partial charge in [-0.25, -0.2) is 0 Å². The van der Waals surface area contributed by atoms with Gasteiger partial charge in [-0.3, -0.25) is 0 Å². The number of hydrogen-bond donors (Lipinski definition) is 2. The van der Waals surface area contributed by atoms with Crippen LogP contribution in [-0.4, -0.2) is 58.7 Å². The molecule has 0 aromatic heterocycles. The second kappa shape index (κ2) is 5.49. The molecule has 7 atom stereocenters. The Balaban J connectivity index is 1.78. The smallest absolute Gasteiger partial charge is 0.166 e. The molecule has 0 unspecified atom stereocenters. The van der Waals surface area contributed by atoms with Gasteiger partial charge in [0.2, 0.25) is 0 Å². The number of fused-ring (bicyclic) bond motifs is 1. The summed E-state index contributed by atoms with van der Waals surface area (Å²) in [6.45, 7) is 9.25. The Hall–Kier alpha value is -1.56. The molecule has 2 fully saturated rings. The number of aliphatic hydroxyl groups is 1. The number of benzene rings is 1. The highest BCUT2D eigenvalue weighted by Gasteiger charge is 2.85. The Labute approximate surface area is 185 Å².